The molecule has 1 amide bonds. The number of rotatable bonds is 6. The molecule has 0 radical (unpaired) electrons. The zero-order chi connectivity index (χ0) is 13.5. The summed E-state index contributed by atoms with van der Waals surface area (Å²) in [5, 5.41) is 8.64. The van der Waals surface area contributed by atoms with Crippen molar-refractivity contribution in [2.24, 2.45) is 0 Å². The maximum atomic E-state index is 12.2. The van der Waals surface area contributed by atoms with E-state index in [-0.39, 0.29) is 18.9 Å². The highest BCUT2D eigenvalue weighted by Gasteiger charge is 2.18. The molecule has 1 rings (SSSR count). The first kappa shape index (κ1) is 14.0. The van der Waals surface area contributed by atoms with Gasteiger partial charge in [-0.25, -0.2) is 0 Å². The Morgan fingerprint density at radius 1 is 1.50 bits per heavy atom. The zero-order valence-electron chi connectivity index (χ0n) is 10.4. The van der Waals surface area contributed by atoms with E-state index in [4.69, 9.17) is 9.84 Å². The van der Waals surface area contributed by atoms with E-state index in [0.717, 1.165) is 0 Å². The van der Waals surface area contributed by atoms with Crippen LogP contribution in [0.2, 0.25) is 0 Å². The minimum Gasteiger partial charge on any atom is -0.494 e. The molecule has 1 aromatic rings. The van der Waals surface area contributed by atoms with Crippen molar-refractivity contribution in [3.05, 3.63) is 24.0 Å². The molecular formula is C12H16N2O4. The second-order valence-corrected chi connectivity index (χ2v) is 3.60. The molecule has 1 heterocycles. The van der Waals surface area contributed by atoms with Crippen LogP contribution in [-0.4, -0.2) is 47.1 Å². The number of carbonyl (C=O) groups is 2. The number of hydrogen-bond donors (Lipinski definition) is 1. The van der Waals surface area contributed by atoms with Crippen molar-refractivity contribution >= 4 is 11.9 Å². The average Bonchev–Trinajstić information content (AvgIpc) is 2.38. The lowest BCUT2D eigenvalue weighted by molar-refractivity contribution is -0.137. The number of hydrogen-bond acceptors (Lipinski definition) is 4. The lowest BCUT2D eigenvalue weighted by Crippen LogP contribution is -2.33. The molecule has 0 bridgehead atoms. The van der Waals surface area contributed by atoms with E-state index < -0.39 is 5.97 Å². The molecule has 0 fully saturated rings. The maximum absolute atomic E-state index is 12.2. The van der Waals surface area contributed by atoms with Gasteiger partial charge in [0.05, 0.1) is 25.3 Å². The molecule has 0 aromatic carbocycles. The predicted molar refractivity (Wildman–Crippen MR) is 64.6 cm³/mol. The zero-order valence-corrected chi connectivity index (χ0v) is 10.4. The second kappa shape index (κ2) is 6.58. The lowest BCUT2D eigenvalue weighted by atomic mass is 10.2. The summed E-state index contributed by atoms with van der Waals surface area (Å²) in [6, 6.07) is 1.56. The Hall–Kier alpha value is -2.11. The normalized spacial score (nSPS) is 9.89. The van der Waals surface area contributed by atoms with Gasteiger partial charge in [-0.1, -0.05) is 0 Å². The van der Waals surface area contributed by atoms with Gasteiger partial charge in [0.2, 0.25) is 0 Å². The van der Waals surface area contributed by atoms with Gasteiger partial charge in [-0.15, -0.1) is 0 Å². The quantitative estimate of drug-likeness (QED) is 0.817. The Bertz CT molecular complexity index is 434. The standard InChI is InChI=1S/C12H16N2O4/c1-3-14(7-5-11(15)16)12(17)9-4-6-13-8-10(9)18-2/h4,6,8H,3,5,7H2,1-2H3,(H,15,16). The number of pyridine rings is 1. The number of carbonyl (C=O) groups excluding carboxylic acids is 1. The number of amides is 1. The fourth-order valence-electron chi connectivity index (χ4n) is 1.52. The first-order valence-corrected chi connectivity index (χ1v) is 5.59. The van der Waals surface area contributed by atoms with Gasteiger partial charge in [0, 0.05) is 19.3 Å². The van der Waals surface area contributed by atoms with Crippen LogP contribution in [0.3, 0.4) is 0 Å². The molecule has 0 spiro atoms. The first-order chi connectivity index (χ1) is 8.60. The smallest absolute Gasteiger partial charge is 0.305 e. The minimum absolute atomic E-state index is 0.0764. The maximum Gasteiger partial charge on any atom is 0.305 e. The van der Waals surface area contributed by atoms with E-state index in [9.17, 15) is 9.59 Å². The third kappa shape index (κ3) is 3.44. The van der Waals surface area contributed by atoms with Crippen LogP contribution in [0.1, 0.15) is 23.7 Å². The van der Waals surface area contributed by atoms with Gasteiger partial charge in [0.1, 0.15) is 5.75 Å². The SMILES string of the molecule is CCN(CCC(=O)O)C(=O)c1ccncc1OC. The van der Waals surface area contributed by atoms with Gasteiger partial charge < -0.3 is 14.7 Å². The summed E-state index contributed by atoms with van der Waals surface area (Å²) in [4.78, 5) is 28.1. The third-order valence-electron chi connectivity index (χ3n) is 2.50. The summed E-state index contributed by atoms with van der Waals surface area (Å²) >= 11 is 0. The number of aromatic nitrogens is 1. The molecule has 6 heteroatoms. The summed E-state index contributed by atoms with van der Waals surface area (Å²) in [6.07, 6.45) is 2.88. The summed E-state index contributed by atoms with van der Waals surface area (Å²) in [6.45, 7) is 2.42. The van der Waals surface area contributed by atoms with Crippen LogP contribution in [0, 0.1) is 0 Å². The van der Waals surface area contributed by atoms with Crippen LogP contribution in [0.25, 0.3) is 0 Å². The second-order valence-electron chi connectivity index (χ2n) is 3.60. The number of methoxy groups -OCH3 is 1. The van der Waals surface area contributed by atoms with Crippen LogP contribution >= 0.6 is 0 Å². The van der Waals surface area contributed by atoms with Crippen molar-refractivity contribution in [1.82, 2.24) is 9.88 Å². The van der Waals surface area contributed by atoms with E-state index in [2.05, 4.69) is 4.98 Å². The molecule has 0 saturated carbocycles. The summed E-state index contributed by atoms with van der Waals surface area (Å²) in [5.74, 6) is -0.794. The Morgan fingerprint density at radius 2 is 2.22 bits per heavy atom. The largest absolute Gasteiger partial charge is 0.494 e. The van der Waals surface area contributed by atoms with Crippen molar-refractivity contribution < 1.29 is 19.4 Å². The Morgan fingerprint density at radius 3 is 2.78 bits per heavy atom. The number of aliphatic carboxylic acids is 1. The van der Waals surface area contributed by atoms with E-state index in [1.807, 2.05) is 0 Å². The molecular weight excluding hydrogens is 236 g/mol. The monoisotopic (exact) mass is 252 g/mol. The Balaban J connectivity index is 2.86. The molecule has 1 N–H and O–H groups in total. The molecule has 1 aromatic heterocycles. The highest BCUT2D eigenvalue weighted by atomic mass is 16.5. The van der Waals surface area contributed by atoms with Gasteiger partial charge in [0.25, 0.3) is 5.91 Å². The number of carboxylic acids is 1. The van der Waals surface area contributed by atoms with Crippen LogP contribution in [0.5, 0.6) is 5.75 Å². The van der Waals surface area contributed by atoms with Gasteiger partial charge >= 0.3 is 5.97 Å². The summed E-state index contributed by atoms with van der Waals surface area (Å²) in [5.41, 5.74) is 0.389. The van der Waals surface area contributed by atoms with Gasteiger partial charge in [-0.05, 0) is 13.0 Å². The Labute approximate surface area is 105 Å². The van der Waals surface area contributed by atoms with Crippen molar-refractivity contribution in [3.8, 4) is 5.75 Å². The Kier molecular flexibility index (Phi) is 5.10. The topological polar surface area (TPSA) is 79.7 Å². The predicted octanol–water partition coefficient (Wildman–Crippen LogP) is 1.03. The molecule has 98 valence electrons. The molecule has 0 atom stereocenters. The van der Waals surface area contributed by atoms with Crippen molar-refractivity contribution in [1.29, 1.82) is 0 Å². The molecule has 0 aliphatic heterocycles. The van der Waals surface area contributed by atoms with Gasteiger partial charge in [0.15, 0.2) is 0 Å². The highest BCUT2D eigenvalue weighted by Crippen LogP contribution is 2.17. The van der Waals surface area contributed by atoms with Crippen LogP contribution in [0.15, 0.2) is 18.5 Å². The molecule has 0 aliphatic rings. The number of ether oxygens (including phenoxy) is 1. The van der Waals surface area contributed by atoms with Crippen molar-refractivity contribution in [3.63, 3.8) is 0 Å². The lowest BCUT2D eigenvalue weighted by Gasteiger charge is -2.20. The first-order valence-electron chi connectivity index (χ1n) is 5.59. The molecule has 6 nitrogen and oxygen atoms in total. The minimum atomic E-state index is -0.928. The number of nitrogens with zero attached hydrogens (tertiary/aromatic N) is 2. The highest BCUT2D eigenvalue weighted by molar-refractivity contribution is 5.96. The average molecular weight is 252 g/mol. The molecule has 0 saturated heterocycles. The fraction of sp³-hybridized carbons (Fsp3) is 0.417. The molecule has 0 aliphatic carbocycles. The fourth-order valence-corrected chi connectivity index (χ4v) is 1.52. The summed E-state index contributed by atoms with van der Waals surface area (Å²) in [7, 11) is 1.46. The molecule has 18 heavy (non-hydrogen) atoms. The van der Waals surface area contributed by atoms with E-state index in [1.54, 1.807) is 13.0 Å². The van der Waals surface area contributed by atoms with Crippen LogP contribution in [-0.2, 0) is 4.79 Å². The van der Waals surface area contributed by atoms with Crippen molar-refractivity contribution in [2.75, 3.05) is 20.2 Å². The van der Waals surface area contributed by atoms with Crippen LogP contribution in [0.4, 0.5) is 0 Å². The summed E-state index contributed by atoms with van der Waals surface area (Å²) < 4.78 is 5.06. The van der Waals surface area contributed by atoms with Crippen LogP contribution < -0.4 is 4.74 Å². The van der Waals surface area contributed by atoms with E-state index in [1.165, 1.54) is 24.4 Å². The van der Waals surface area contributed by atoms with Gasteiger partial charge in [-0.2, -0.15) is 0 Å². The third-order valence-corrected chi connectivity index (χ3v) is 2.50. The van der Waals surface area contributed by atoms with Gasteiger partial charge in [-0.3, -0.25) is 14.6 Å². The van der Waals surface area contributed by atoms with E-state index >= 15 is 0 Å². The number of carboxylic acid groups (broad SMARTS) is 1. The van der Waals surface area contributed by atoms with E-state index in [0.29, 0.717) is 17.9 Å². The van der Waals surface area contributed by atoms with Crippen molar-refractivity contribution in [2.45, 2.75) is 13.3 Å². The molecule has 0 unspecified atom stereocenters.